The lowest BCUT2D eigenvalue weighted by Gasteiger charge is -2.27. The van der Waals surface area contributed by atoms with E-state index in [1.807, 2.05) is 39.8 Å². The van der Waals surface area contributed by atoms with E-state index in [4.69, 9.17) is 0 Å². The molecule has 2 aromatic heterocycles. The van der Waals surface area contributed by atoms with Gasteiger partial charge in [0.25, 0.3) is 11.8 Å². The number of unbranched alkanes of at least 4 members (excludes halogenated alkanes) is 4. The van der Waals surface area contributed by atoms with Crippen LogP contribution in [0.15, 0.2) is 33.7 Å². The summed E-state index contributed by atoms with van der Waals surface area (Å²) < 4.78 is 0. The number of aromatic amines is 2. The Hall–Kier alpha value is -4.60. The van der Waals surface area contributed by atoms with Crippen molar-refractivity contribution in [2.75, 3.05) is 0 Å². The summed E-state index contributed by atoms with van der Waals surface area (Å²) in [5, 5.41) is 24.5. The van der Waals surface area contributed by atoms with E-state index in [2.05, 4.69) is 48.3 Å². The van der Waals surface area contributed by atoms with Crippen molar-refractivity contribution in [3.63, 3.8) is 0 Å². The Morgan fingerprint density at radius 1 is 0.627 bits per heavy atom. The van der Waals surface area contributed by atoms with Crippen LogP contribution in [0.5, 0.6) is 0 Å². The van der Waals surface area contributed by atoms with Crippen LogP contribution in [0, 0.1) is 13.8 Å². The smallest absolute Gasteiger partial charge is 0.303 e. The highest BCUT2D eigenvalue weighted by atomic mass is 16.4. The molecule has 2 aliphatic heterocycles. The zero-order valence-corrected chi connectivity index (χ0v) is 31.7. The molecule has 2 aliphatic rings. The van der Waals surface area contributed by atoms with Gasteiger partial charge in [0.1, 0.15) is 0 Å². The number of aromatic nitrogens is 2. The summed E-state index contributed by atoms with van der Waals surface area (Å²) in [7, 11) is 0. The van der Waals surface area contributed by atoms with Gasteiger partial charge in [-0.1, -0.05) is 26.7 Å². The third kappa shape index (κ3) is 8.65. The summed E-state index contributed by atoms with van der Waals surface area (Å²) in [5.41, 5.74) is 13.1. The van der Waals surface area contributed by atoms with E-state index >= 15 is 0 Å². The van der Waals surface area contributed by atoms with Gasteiger partial charge in [-0.2, -0.15) is 0 Å². The second-order valence-corrected chi connectivity index (χ2v) is 14.5. The van der Waals surface area contributed by atoms with Gasteiger partial charge in [-0.3, -0.25) is 19.2 Å². The second kappa shape index (κ2) is 16.6. The van der Waals surface area contributed by atoms with Crippen LogP contribution in [0.25, 0.3) is 12.2 Å². The number of allylic oxidation sites excluding steroid dienone is 2. The number of H-pyrrole nitrogens is 2. The molecule has 0 atom stereocenters. The van der Waals surface area contributed by atoms with E-state index in [9.17, 15) is 29.4 Å². The monoisotopic (exact) mass is 700 g/mol. The highest BCUT2D eigenvalue weighted by Crippen LogP contribution is 2.41. The van der Waals surface area contributed by atoms with Crippen LogP contribution in [-0.4, -0.2) is 43.9 Å². The van der Waals surface area contributed by atoms with Gasteiger partial charge in [0, 0.05) is 63.6 Å². The van der Waals surface area contributed by atoms with Crippen molar-refractivity contribution in [3.8, 4) is 0 Å². The standard InChI is InChI=1S/C41H56N4O6/c1-9-27-25(5)39(50)44-33(27)21-31-23(3)29(17-13-11-15-19-35(46)47)37(42-31)41(7,8)38-30(18-14-12-16-20-36(48)49)24(4)32(43-38)22-34-28(10-2)26(6)40(51)45-34/h21-22,42-43H,9-20H2,1-8H3,(H,44,50)(H,45,51)(H,46,47)(H,48,49)/b33-21-,34-22-. The van der Waals surface area contributed by atoms with E-state index in [0.717, 1.165) is 119 Å². The lowest BCUT2D eigenvalue weighted by molar-refractivity contribution is -0.138. The molecule has 0 saturated heterocycles. The van der Waals surface area contributed by atoms with Crippen molar-refractivity contribution in [1.82, 2.24) is 20.6 Å². The average molecular weight is 701 g/mol. The van der Waals surface area contributed by atoms with Gasteiger partial charge < -0.3 is 30.8 Å². The second-order valence-electron chi connectivity index (χ2n) is 14.5. The predicted molar refractivity (Wildman–Crippen MR) is 201 cm³/mol. The molecular formula is C41H56N4O6. The van der Waals surface area contributed by atoms with E-state index in [0.29, 0.717) is 12.8 Å². The molecule has 0 unspecified atom stereocenters. The van der Waals surface area contributed by atoms with Gasteiger partial charge in [-0.05, 0) is 138 Å². The van der Waals surface area contributed by atoms with E-state index < -0.39 is 17.4 Å². The van der Waals surface area contributed by atoms with Gasteiger partial charge in [0.05, 0.1) is 0 Å². The highest BCUT2D eigenvalue weighted by molar-refractivity contribution is 6.01. The lowest BCUT2D eigenvalue weighted by atomic mass is 9.79. The predicted octanol–water partition coefficient (Wildman–Crippen LogP) is 8.05. The molecule has 0 fully saturated rings. The van der Waals surface area contributed by atoms with Crippen LogP contribution in [0.4, 0.5) is 0 Å². The maximum atomic E-state index is 12.6. The fourth-order valence-electron chi connectivity index (χ4n) is 7.63. The number of hydrogen-bond acceptors (Lipinski definition) is 4. The molecule has 2 amide bonds. The molecule has 0 spiro atoms. The molecule has 2 aromatic rings. The number of amides is 2. The lowest BCUT2D eigenvalue weighted by Crippen LogP contribution is -2.24. The zero-order chi connectivity index (χ0) is 37.6. The molecule has 0 saturated carbocycles. The van der Waals surface area contributed by atoms with E-state index in [1.54, 1.807) is 0 Å². The van der Waals surface area contributed by atoms with Crippen LogP contribution >= 0.6 is 0 Å². The quantitative estimate of drug-likeness (QED) is 0.0862. The average Bonchev–Trinajstić information content (AvgIpc) is 3.74. The molecule has 276 valence electrons. The topological polar surface area (TPSA) is 164 Å². The van der Waals surface area contributed by atoms with Gasteiger partial charge in [0.2, 0.25) is 0 Å². The molecule has 0 radical (unpaired) electrons. The fourth-order valence-corrected chi connectivity index (χ4v) is 7.63. The first-order valence-corrected chi connectivity index (χ1v) is 18.5. The maximum absolute atomic E-state index is 12.6. The molecular weight excluding hydrogens is 644 g/mol. The van der Waals surface area contributed by atoms with Gasteiger partial charge in [-0.15, -0.1) is 0 Å². The van der Waals surface area contributed by atoms with Crippen LogP contribution in [0.1, 0.15) is 151 Å². The van der Waals surface area contributed by atoms with Crippen molar-refractivity contribution in [3.05, 3.63) is 78.7 Å². The number of nitrogens with one attached hydrogen (secondary N) is 4. The van der Waals surface area contributed by atoms with Gasteiger partial charge >= 0.3 is 11.9 Å². The number of carboxylic acids is 2. The molecule has 0 bridgehead atoms. The summed E-state index contributed by atoms with van der Waals surface area (Å²) in [6.45, 7) is 16.4. The van der Waals surface area contributed by atoms with Gasteiger partial charge in [-0.25, -0.2) is 0 Å². The molecule has 10 heteroatoms. The third-order valence-corrected chi connectivity index (χ3v) is 10.7. The normalized spacial score (nSPS) is 16.6. The number of carboxylic acid groups (broad SMARTS) is 2. The molecule has 6 N–H and O–H groups in total. The highest BCUT2D eigenvalue weighted by Gasteiger charge is 2.35. The van der Waals surface area contributed by atoms with Crippen LogP contribution in [0.3, 0.4) is 0 Å². The number of hydrogen-bond donors (Lipinski definition) is 6. The van der Waals surface area contributed by atoms with Crippen molar-refractivity contribution in [2.45, 2.75) is 138 Å². The maximum Gasteiger partial charge on any atom is 0.303 e. The Morgan fingerprint density at radius 2 is 1.00 bits per heavy atom. The summed E-state index contributed by atoms with van der Waals surface area (Å²) in [5.74, 6) is -1.72. The molecule has 0 aliphatic carbocycles. The Bertz CT molecular complexity index is 1700. The Morgan fingerprint density at radius 3 is 1.33 bits per heavy atom. The minimum Gasteiger partial charge on any atom is -0.481 e. The third-order valence-electron chi connectivity index (χ3n) is 10.7. The molecule has 10 nitrogen and oxygen atoms in total. The van der Waals surface area contributed by atoms with Crippen molar-refractivity contribution in [2.24, 2.45) is 0 Å². The van der Waals surface area contributed by atoms with Crippen LogP contribution in [-0.2, 0) is 37.4 Å². The largest absolute Gasteiger partial charge is 0.481 e. The molecule has 51 heavy (non-hydrogen) atoms. The summed E-state index contributed by atoms with van der Waals surface area (Å²) >= 11 is 0. The number of carbonyl (C=O) groups is 4. The Balaban J connectivity index is 1.83. The van der Waals surface area contributed by atoms with Crippen molar-refractivity contribution < 1.29 is 29.4 Å². The molecule has 4 rings (SSSR count). The SMILES string of the molecule is CCC1=C(C)C(=O)N/C1=C\c1[nH]c(C(C)(C)c2[nH]c(/C=C3\NC(=O)C(C)=C3CC)c(C)c2CCCCCC(=O)O)c(CCCCCC(=O)O)c1C. The molecule has 0 aromatic carbocycles. The minimum absolute atomic E-state index is 0.0762. The fraction of sp³-hybridized carbons (Fsp3) is 0.512. The van der Waals surface area contributed by atoms with E-state index in [1.165, 1.54) is 11.1 Å². The number of rotatable bonds is 18. The Labute approximate surface area is 302 Å². The van der Waals surface area contributed by atoms with Gasteiger partial charge in [0.15, 0.2) is 0 Å². The molecule has 4 heterocycles. The van der Waals surface area contributed by atoms with Crippen molar-refractivity contribution in [1.29, 1.82) is 0 Å². The first-order valence-electron chi connectivity index (χ1n) is 18.5. The van der Waals surface area contributed by atoms with E-state index in [-0.39, 0.29) is 24.7 Å². The first-order chi connectivity index (χ1) is 24.1. The summed E-state index contributed by atoms with van der Waals surface area (Å²) in [6.07, 6.45) is 11.9. The van der Waals surface area contributed by atoms with Crippen molar-refractivity contribution >= 4 is 35.9 Å². The summed E-state index contributed by atoms with van der Waals surface area (Å²) in [6, 6.07) is 0. The number of aliphatic carboxylic acids is 2. The van der Waals surface area contributed by atoms with Crippen LogP contribution < -0.4 is 10.6 Å². The van der Waals surface area contributed by atoms with Crippen LogP contribution in [0.2, 0.25) is 0 Å². The Kier molecular flexibility index (Phi) is 12.8. The minimum atomic E-state index is -0.783. The number of carbonyl (C=O) groups excluding carboxylic acids is 2. The summed E-state index contributed by atoms with van der Waals surface area (Å²) in [4.78, 5) is 55.1. The zero-order valence-electron chi connectivity index (χ0n) is 31.7. The first kappa shape index (κ1) is 39.2.